The summed E-state index contributed by atoms with van der Waals surface area (Å²) in [6.07, 6.45) is -4.12. The number of nitriles is 1. The van der Waals surface area contributed by atoms with Crippen molar-refractivity contribution in [3.8, 4) is 23.2 Å². The van der Waals surface area contributed by atoms with E-state index in [0.717, 1.165) is 24.6 Å². The number of thiophene rings is 1. The lowest BCUT2D eigenvalue weighted by atomic mass is 9.92. The van der Waals surface area contributed by atoms with E-state index in [1.807, 2.05) is 4.90 Å². The highest BCUT2D eigenvalue weighted by molar-refractivity contribution is 7.23. The third kappa shape index (κ3) is 4.89. The number of β-amino-alcohol motifs (C(OH)–C–C–N with tert-alkyl or cyclic N) is 1. The lowest BCUT2D eigenvalue weighted by Gasteiger charge is -2.31. The fourth-order valence-corrected chi connectivity index (χ4v) is 8.21. The normalized spacial score (nSPS) is 25.1. The summed E-state index contributed by atoms with van der Waals surface area (Å²) in [7, 11) is 0. The van der Waals surface area contributed by atoms with Crippen LogP contribution in [0.15, 0.2) is 18.2 Å². The molecule has 3 saturated heterocycles. The predicted molar refractivity (Wildman–Crippen MR) is 160 cm³/mol. The molecule has 0 amide bonds. The second-order valence-electron chi connectivity index (χ2n) is 12.6. The van der Waals surface area contributed by atoms with Crippen LogP contribution in [0.4, 0.5) is 37.2 Å². The van der Waals surface area contributed by atoms with Gasteiger partial charge in [-0.25, -0.2) is 13.2 Å². The van der Waals surface area contributed by atoms with Gasteiger partial charge in [-0.3, -0.25) is 4.90 Å². The van der Waals surface area contributed by atoms with Crippen molar-refractivity contribution in [2.45, 2.75) is 56.1 Å². The average molecular weight is 663 g/mol. The van der Waals surface area contributed by atoms with Gasteiger partial charge in [0.15, 0.2) is 5.82 Å². The van der Waals surface area contributed by atoms with Crippen molar-refractivity contribution in [2.75, 3.05) is 43.4 Å². The van der Waals surface area contributed by atoms with Crippen molar-refractivity contribution < 1.29 is 36.2 Å². The number of aliphatic hydroxyl groups is 1. The standard InChI is InChI=1S/C31H28F6N6O2S/c1-29(44)6-8-42(13-29)27-17-9-19(31(35,36)37)22(16-3-4-20(33)25-21(16)18(11-38)26(39)46-25)23(34)24(17)40-28(41-27)45-14-30-5-2-7-43(30)12-15(32)10-30/h3-4,9,15,44H,2,5-8,10,12-14,39H2,1H3/t15-,29+,30+/m1/s1. The molecule has 3 aliphatic heterocycles. The average Bonchev–Trinajstić information content (AvgIpc) is 3.72. The molecule has 0 aliphatic carbocycles. The number of hydrogen-bond acceptors (Lipinski definition) is 9. The number of anilines is 2. The molecule has 3 N–H and O–H groups in total. The number of nitrogen functional groups attached to an aromatic ring is 1. The highest BCUT2D eigenvalue weighted by atomic mass is 32.1. The van der Waals surface area contributed by atoms with Crippen molar-refractivity contribution in [1.29, 1.82) is 5.26 Å². The molecule has 3 atom stereocenters. The van der Waals surface area contributed by atoms with Gasteiger partial charge >= 0.3 is 12.2 Å². The Morgan fingerprint density at radius 3 is 2.70 bits per heavy atom. The lowest BCUT2D eigenvalue weighted by molar-refractivity contribution is -0.137. The Labute approximate surface area is 263 Å². The number of benzene rings is 2. The van der Waals surface area contributed by atoms with Gasteiger partial charge < -0.3 is 20.5 Å². The second-order valence-corrected chi connectivity index (χ2v) is 13.7. The molecule has 3 fully saturated rings. The Bertz CT molecular complexity index is 1940. The zero-order valence-corrected chi connectivity index (χ0v) is 25.3. The first-order valence-corrected chi connectivity index (χ1v) is 15.5. The van der Waals surface area contributed by atoms with Crippen molar-refractivity contribution in [3.63, 3.8) is 0 Å². The summed E-state index contributed by atoms with van der Waals surface area (Å²) < 4.78 is 96.2. The van der Waals surface area contributed by atoms with E-state index >= 15 is 4.39 Å². The first-order chi connectivity index (χ1) is 21.7. The fraction of sp³-hybridized carbons (Fsp3) is 0.452. The van der Waals surface area contributed by atoms with Crippen LogP contribution >= 0.6 is 11.3 Å². The summed E-state index contributed by atoms with van der Waals surface area (Å²) in [5.74, 6) is -2.27. The Balaban J connectivity index is 1.46. The van der Waals surface area contributed by atoms with Crippen molar-refractivity contribution in [3.05, 3.63) is 41.0 Å². The zero-order valence-electron chi connectivity index (χ0n) is 24.5. The summed E-state index contributed by atoms with van der Waals surface area (Å²) in [6, 6.07) is 4.11. The molecule has 8 nitrogen and oxygen atoms in total. The molecule has 0 saturated carbocycles. The van der Waals surface area contributed by atoms with Gasteiger partial charge in [0.1, 0.15) is 41.0 Å². The van der Waals surface area contributed by atoms with Crippen LogP contribution in [-0.4, -0.2) is 70.1 Å². The van der Waals surface area contributed by atoms with Crippen LogP contribution in [0.1, 0.15) is 43.7 Å². The van der Waals surface area contributed by atoms with Crippen molar-refractivity contribution >= 4 is 43.1 Å². The first kappa shape index (κ1) is 30.8. The fourth-order valence-electron chi connectivity index (χ4n) is 7.27. The quantitative estimate of drug-likeness (QED) is 0.244. The van der Waals surface area contributed by atoms with Gasteiger partial charge in [0.05, 0.1) is 27.0 Å². The number of alkyl halides is 4. The summed E-state index contributed by atoms with van der Waals surface area (Å²) in [6.45, 7) is 2.74. The van der Waals surface area contributed by atoms with E-state index in [1.54, 1.807) is 17.9 Å². The predicted octanol–water partition coefficient (Wildman–Crippen LogP) is 6.18. The third-order valence-electron chi connectivity index (χ3n) is 9.38. The molecule has 15 heteroatoms. The van der Waals surface area contributed by atoms with Crippen LogP contribution in [-0.2, 0) is 6.18 Å². The van der Waals surface area contributed by atoms with Crippen LogP contribution < -0.4 is 15.4 Å². The zero-order chi connectivity index (χ0) is 32.8. The molecular formula is C31H28F6N6O2S. The number of rotatable bonds is 5. The Morgan fingerprint density at radius 2 is 2.00 bits per heavy atom. The van der Waals surface area contributed by atoms with Crippen LogP contribution in [0, 0.1) is 23.0 Å². The maximum atomic E-state index is 16.8. The van der Waals surface area contributed by atoms with Gasteiger partial charge in [0.25, 0.3) is 0 Å². The number of nitrogens with two attached hydrogens (primary N) is 1. The van der Waals surface area contributed by atoms with Gasteiger partial charge in [-0.2, -0.15) is 28.4 Å². The molecule has 4 aromatic rings. The van der Waals surface area contributed by atoms with Crippen LogP contribution in [0.5, 0.6) is 6.01 Å². The van der Waals surface area contributed by atoms with E-state index in [-0.39, 0.29) is 82.5 Å². The molecule has 0 radical (unpaired) electrons. The minimum Gasteiger partial charge on any atom is -0.461 e. The van der Waals surface area contributed by atoms with Crippen LogP contribution in [0.3, 0.4) is 0 Å². The van der Waals surface area contributed by atoms with Gasteiger partial charge in [0.2, 0.25) is 0 Å². The van der Waals surface area contributed by atoms with E-state index in [0.29, 0.717) is 24.3 Å². The summed E-state index contributed by atoms with van der Waals surface area (Å²) in [5, 5.41) is 19.8. The number of aromatic nitrogens is 2. The monoisotopic (exact) mass is 662 g/mol. The minimum atomic E-state index is -5.10. The summed E-state index contributed by atoms with van der Waals surface area (Å²) in [4.78, 5) is 12.2. The summed E-state index contributed by atoms with van der Waals surface area (Å²) in [5.41, 5.74) is 0.676. The van der Waals surface area contributed by atoms with Crippen molar-refractivity contribution in [1.82, 2.24) is 14.9 Å². The van der Waals surface area contributed by atoms with E-state index in [4.69, 9.17) is 10.5 Å². The maximum absolute atomic E-state index is 16.8. The molecule has 2 aromatic heterocycles. The smallest absolute Gasteiger partial charge is 0.417 e. The summed E-state index contributed by atoms with van der Waals surface area (Å²) >= 11 is 0.679. The molecule has 3 aliphatic rings. The lowest BCUT2D eigenvalue weighted by Crippen LogP contribution is -2.43. The molecule has 0 unspecified atom stereocenters. The van der Waals surface area contributed by atoms with Crippen molar-refractivity contribution in [2.24, 2.45) is 0 Å². The molecule has 7 rings (SSSR count). The number of halogens is 6. The number of ether oxygens (including phenoxy) is 1. The molecule has 0 spiro atoms. The van der Waals surface area contributed by atoms with Gasteiger partial charge in [-0.05, 0) is 50.4 Å². The van der Waals surface area contributed by atoms with E-state index in [9.17, 15) is 32.3 Å². The first-order valence-electron chi connectivity index (χ1n) is 14.7. The van der Waals surface area contributed by atoms with E-state index in [1.165, 1.54) is 0 Å². The van der Waals surface area contributed by atoms with Gasteiger partial charge in [-0.1, -0.05) is 6.07 Å². The number of nitrogens with zero attached hydrogens (tertiary/aromatic N) is 5. The molecule has 46 heavy (non-hydrogen) atoms. The number of fused-ring (bicyclic) bond motifs is 3. The van der Waals surface area contributed by atoms with Crippen LogP contribution in [0.25, 0.3) is 32.1 Å². The molecule has 0 bridgehead atoms. The highest BCUT2D eigenvalue weighted by Crippen LogP contribution is 2.48. The molecular weight excluding hydrogens is 634 g/mol. The second kappa shape index (κ2) is 10.6. The molecule has 2 aromatic carbocycles. The van der Waals surface area contributed by atoms with E-state index < -0.39 is 51.8 Å². The Kier molecular flexibility index (Phi) is 7.08. The van der Waals surface area contributed by atoms with Crippen LogP contribution in [0.2, 0.25) is 0 Å². The van der Waals surface area contributed by atoms with Gasteiger partial charge in [-0.15, -0.1) is 11.3 Å². The third-order valence-corrected chi connectivity index (χ3v) is 10.4. The topological polar surface area (TPSA) is 112 Å². The number of hydrogen-bond donors (Lipinski definition) is 2. The van der Waals surface area contributed by atoms with Gasteiger partial charge in [0, 0.05) is 42.4 Å². The largest absolute Gasteiger partial charge is 0.461 e. The Morgan fingerprint density at radius 1 is 1.22 bits per heavy atom. The minimum absolute atomic E-state index is 0.00279. The SMILES string of the molecule is C[C@]1(O)CCN(c2nc(OC[C@@]34CCCN3C[C@H](F)C4)nc3c(F)c(-c4ccc(F)c5sc(N)c(C#N)c45)c(C(F)(F)F)cc23)C1. The highest BCUT2D eigenvalue weighted by Gasteiger charge is 2.49. The Hall–Kier alpha value is -3.87. The molecule has 5 heterocycles. The molecule has 242 valence electrons. The van der Waals surface area contributed by atoms with E-state index in [2.05, 4.69) is 9.97 Å². The maximum Gasteiger partial charge on any atom is 0.417 e.